The standard InChI is InChI=1S/C14H23NO/c1-4-14(15)13(7-8-16)12-6-5-10(2)9-11(12)3/h5-6,9,13-14,16H,4,7-8,15H2,1-3H3. The zero-order valence-electron chi connectivity index (χ0n) is 10.5. The van der Waals surface area contributed by atoms with E-state index in [1.807, 2.05) is 0 Å². The van der Waals surface area contributed by atoms with E-state index in [1.54, 1.807) is 0 Å². The van der Waals surface area contributed by atoms with Crippen molar-refractivity contribution in [2.75, 3.05) is 6.61 Å². The van der Waals surface area contributed by atoms with Crippen molar-refractivity contribution in [1.29, 1.82) is 0 Å². The summed E-state index contributed by atoms with van der Waals surface area (Å²) in [5, 5.41) is 9.13. The van der Waals surface area contributed by atoms with Crippen LogP contribution in [-0.4, -0.2) is 17.8 Å². The Labute approximate surface area is 98.5 Å². The molecule has 0 aromatic heterocycles. The largest absolute Gasteiger partial charge is 0.396 e. The maximum absolute atomic E-state index is 9.13. The van der Waals surface area contributed by atoms with Gasteiger partial charge in [0.05, 0.1) is 0 Å². The molecule has 0 aliphatic heterocycles. The van der Waals surface area contributed by atoms with Gasteiger partial charge in [-0.25, -0.2) is 0 Å². The highest BCUT2D eigenvalue weighted by molar-refractivity contribution is 5.34. The van der Waals surface area contributed by atoms with E-state index in [0.717, 1.165) is 12.8 Å². The Morgan fingerprint density at radius 2 is 2.00 bits per heavy atom. The van der Waals surface area contributed by atoms with E-state index in [2.05, 4.69) is 39.0 Å². The lowest BCUT2D eigenvalue weighted by Crippen LogP contribution is -2.28. The summed E-state index contributed by atoms with van der Waals surface area (Å²) >= 11 is 0. The highest BCUT2D eigenvalue weighted by atomic mass is 16.3. The van der Waals surface area contributed by atoms with Gasteiger partial charge in [-0.05, 0) is 37.8 Å². The van der Waals surface area contributed by atoms with Gasteiger partial charge in [-0.2, -0.15) is 0 Å². The van der Waals surface area contributed by atoms with Gasteiger partial charge >= 0.3 is 0 Å². The van der Waals surface area contributed by atoms with Gasteiger partial charge in [0.15, 0.2) is 0 Å². The zero-order chi connectivity index (χ0) is 12.1. The molecule has 2 nitrogen and oxygen atoms in total. The Morgan fingerprint density at radius 1 is 1.31 bits per heavy atom. The highest BCUT2D eigenvalue weighted by Crippen LogP contribution is 2.27. The minimum Gasteiger partial charge on any atom is -0.396 e. The number of aryl methyl sites for hydroxylation is 2. The maximum Gasteiger partial charge on any atom is 0.0437 e. The molecule has 0 bridgehead atoms. The van der Waals surface area contributed by atoms with Gasteiger partial charge in [-0.1, -0.05) is 30.7 Å². The van der Waals surface area contributed by atoms with Crippen LogP contribution in [0.4, 0.5) is 0 Å². The first-order chi connectivity index (χ1) is 7.60. The molecule has 1 rings (SSSR count). The van der Waals surface area contributed by atoms with Gasteiger partial charge in [0.2, 0.25) is 0 Å². The summed E-state index contributed by atoms with van der Waals surface area (Å²) in [6.45, 7) is 6.51. The van der Waals surface area contributed by atoms with Crippen LogP contribution in [0.2, 0.25) is 0 Å². The molecule has 0 amide bonds. The Kier molecular flexibility index (Phi) is 4.97. The van der Waals surface area contributed by atoms with Gasteiger partial charge < -0.3 is 10.8 Å². The third kappa shape index (κ3) is 3.06. The van der Waals surface area contributed by atoms with E-state index in [4.69, 9.17) is 10.8 Å². The van der Waals surface area contributed by atoms with Gasteiger partial charge in [-0.3, -0.25) is 0 Å². The maximum atomic E-state index is 9.13. The fourth-order valence-electron chi connectivity index (χ4n) is 2.27. The van der Waals surface area contributed by atoms with Gasteiger partial charge in [0.1, 0.15) is 0 Å². The third-order valence-corrected chi connectivity index (χ3v) is 3.25. The van der Waals surface area contributed by atoms with Crippen molar-refractivity contribution in [2.45, 2.75) is 45.6 Å². The first kappa shape index (κ1) is 13.2. The zero-order valence-corrected chi connectivity index (χ0v) is 10.5. The quantitative estimate of drug-likeness (QED) is 0.802. The minimum absolute atomic E-state index is 0.133. The second-order valence-corrected chi connectivity index (χ2v) is 4.55. The summed E-state index contributed by atoms with van der Waals surface area (Å²) in [6, 6.07) is 6.59. The topological polar surface area (TPSA) is 46.2 Å². The fourth-order valence-corrected chi connectivity index (χ4v) is 2.27. The van der Waals surface area contributed by atoms with Crippen LogP contribution in [0.25, 0.3) is 0 Å². The predicted octanol–water partition coefficient (Wildman–Crippen LogP) is 2.51. The van der Waals surface area contributed by atoms with E-state index in [9.17, 15) is 0 Å². The average molecular weight is 221 g/mol. The number of aliphatic hydroxyl groups is 1. The smallest absolute Gasteiger partial charge is 0.0437 e. The lowest BCUT2D eigenvalue weighted by Gasteiger charge is -2.24. The van der Waals surface area contributed by atoms with Crippen LogP contribution in [0.1, 0.15) is 42.4 Å². The number of benzene rings is 1. The molecule has 0 aliphatic carbocycles. The molecule has 2 heteroatoms. The first-order valence-electron chi connectivity index (χ1n) is 6.03. The number of hydrogen-bond acceptors (Lipinski definition) is 2. The summed E-state index contributed by atoms with van der Waals surface area (Å²) in [6.07, 6.45) is 1.69. The molecular weight excluding hydrogens is 198 g/mol. The van der Waals surface area contributed by atoms with Crippen molar-refractivity contribution in [1.82, 2.24) is 0 Å². The van der Waals surface area contributed by atoms with E-state index in [-0.39, 0.29) is 18.6 Å². The van der Waals surface area contributed by atoms with Crippen LogP contribution in [0.15, 0.2) is 18.2 Å². The fraction of sp³-hybridized carbons (Fsp3) is 0.571. The molecule has 2 unspecified atom stereocenters. The summed E-state index contributed by atoms with van der Waals surface area (Å²) in [5.41, 5.74) is 9.97. The van der Waals surface area contributed by atoms with Crippen LogP contribution >= 0.6 is 0 Å². The van der Waals surface area contributed by atoms with E-state index in [0.29, 0.717) is 0 Å². The SMILES string of the molecule is CCC(N)C(CCO)c1ccc(C)cc1C. The van der Waals surface area contributed by atoms with Crippen molar-refractivity contribution in [2.24, 2.45) is 5.73 Å². The molecule has 0 spiro atoms. The Bertz CT molecular complexity index is 336. The van der Waals surface area contributed by atoms with Crippen molar-refractivity contribution >= 4 is 0 Å². The molecule has 0 heterocycles. The summed E-state index contributed by atoms with van der Waals surface area (Å²) in [5.74, 6) is 0.274. The van der Waals surface area contributed by atoms with Crippen LogP contribution in [0.5, 0.6) is 0 Å². The molecule has 0 aliphatic rings. The second-order valence-electron chi connectivity index (χ2n) is 4.55. The lowest BCUT2D eigenvalue weighted by molar-refractivity contribution is 0.266. The molecule has 0 radical (unpaired) electrons. The Hall–Kier alpha value is -0.860. The van der Waals surface area contributed by atoms with Crippen LogP contribution < -0.4 is 5.73 Å². The van der Waals surface area contributed by atoms with Crippen LogP contribution in [0.3, 0.4) is 0 Å². The molecule has 3 N–H and O–H groups in total. The first-order valence-corrected chi connectivity index (χ1v) is 6.03. The number of rotatable bonds is 5. The predicted molar refractivity (Wildman–Crippen MR) is 68.6 cm³/mol. The average Bonchev–Trinajstić information content (AvgIpc) is 2.26. The normalized spacial score (nSPS) is 14.8. The van der Waals surface area contributed by atoms with Crippen LogP contribution in [-0.2, 0) is 0 Å². The van der Waals surface area contributed by atoms with Crippen molar-refractivity contribution in [3.05, 3.63) is 34.9 Å². The van der Waals surface area contributed by atoms with Gasteiger partial charge in [0.25, 0.3) is 0 Å². The van der Waals surface area contributed by atoms with Gasteiger partial charge in [0, 0.05) is 18.6 Å². The van der Waals surface area contributed by atoms with Crippen LogP contribution in [0, 0.1) is 13.8 Å². The third-order valence-electron chi connectivity index (χ3n) is 3.25. The van der Waals surface area contributed by atoms with E-state index < -0.39 is 0 Å². The molecule has 1 aromatic rings. The molecule has 90 valence electrons. The minimum atomic E-state index is 0.133. The molecule has 16 heavy (non-hydrogen) atoms. The number of nitrogens with two attached hydrogens (primary N) is 1. The van der Waals surface area contributed by atoms with Crippen molar-refractivity contribution in [3.63, 3.8) is 0 Å². The summed E-state index contributed by atoms with van der Waals surface area (Å²) in [4.78, 5) is 0. The van der Waals surface area contributed by atoms with Gasteiger partial charge in [-0.15, -0.1) is 0 Å². The molecular formula is C14H23NO. The molecule has 0 saturated heterocycles. The summed E-state index contributed by atoms with van der Waals surface area (Å²) in [7, 11) is 0. The number of aliphatic hydroxyl groups excluding tert-OH is 1. The van der Waals surface area contributed by atoms with Crippen molar-refractivity contribution < 1.29 is 5.11 Å². The molecule has 0 saturated carbocycles. The van der Waals surface area contributed by atoms with E-state index in [1.165, 1.54) is 16.7 Å². The van der Waals surface area contributed by atoms with Crippen molar-refractivity contribution in [3.8, 4) is 0 Å². The summed E-state index contributed by atoms with van der Waals surface area (Å²) < 4.78 is 0. The second kappa shape index (κ2) is 6.02. The molecule has 1 aromatic carbocycles. The molecule has 0 fully saturated rings. The monoisotopic (exact) mass is 221 g/mol. The molecule has 2 atom stereocenters. The number of hydrogen-bond donors (Lipinski definition) is 2. The lowest BCUT2D eigenvalue weighted by atomic mass is 9.85. The highest BCUT2D eigenvalue weighted by Gasteiger charge is 2.19. The van der Waals surface area contributed by atoms with E-state index >= 15 is 0 Å². The Morgan fingerprint density at radius 3 is 2.50 bits per heavy atom. The Balaban J connectivity index is 3.00.